The van der Waals surface area contributed by atoms with Crippen LogP contribution in [0.25, 0.3) is 11.0 Å². The number of pyridine rings is 2. The van der Waals surface area contributed by atoms with Crippen LogP contribution < -0.4 is 10.9 Å². The predicted molar refractivity (Wildman–Crippen MR) is 108 cm³/mol. The second-order valence-electron chi connectivity index (χ2n) is 8.94. The molecule has 156 valence electrons. The van der Waals surface area contributed by atoms with Crippen LogP contribution >= 0.6 is 0 Å². The van der Waals surface area contributed by atoms with Crippen LogP contribution in [-0.2, 0) is 11.2 Å². The fourth-order valence-electron chi connectivity index (χ4n) is 4.33. The van der Waals surface area contributed by atoms with E-state index in [0.29, 0.717) is 29.6 Å². The first-order valence-electron chi connectivity index (χ1n) is 10.1. The van der Waals surface area contributed by atoms with E-state index in [1.807, 2.05) is 20.8 Å². The predicted octanol–water partition coefficient (Wildman–Crippen LogP) is 2.62. The number of hydrogen-bond acceptors (Lipinski definition) is 5. The van der Waals surface area contributed by atoms with Crippen LogP contribution in [0.5, 0.6) is 0 Å². The molecule has 1 N–H and O–H groups in total. The Morgan fingerprint density at radius 3 is 2.72 bits per heavy atom. The van der Waals surface area contributed by atoms with Crippen molar-refractivity contribution in [3.8, 4) is 0 Å². The van der Waals surface area contributed by atoms with Gasteiger partial charge in [-0.1, -0.05) is 0 Å². The highest BCUT2D eigenvalue weighted by Crippen LogP contribution is 2.32. The topological polar surface area (TPSA) is 76.5 Å². The number of piperidine rings is 1. The number of nitrogens with one attached hydrogen (secondary N) is 1. The maximum absolute atomic E-state index is 14.3. The number of amides is 1. The van der Waals surface area contributed by atoms with Crippen molar-refractivity contribution in [1.29, 1.82) is 0 Å². The number of carbonyl (C=O) groups is 1. The molecular formula is C21H27FN4O3. The van der Waals surface area contributed by atoms with Gasteiger partial charge in [0.2, 0.25) is 0 Å². The third-order valence-corrected chi connectivity index (χ3v) is 5.58. The zero-order valence-electron chi connectivity index (χ0n) is 17.1. The summed E-state index contributed by atoms with van der Waals surface area (Å²) in [7, 11) is 0. The summed E-state index contributed by atoms with van der Waals surface area (Å²) >= 11 is 0. The van der Waals surface area contributed by atoms with E-state index in [-0.39, 0.29) is 29.6 Å². The van der Waals surface area contributed by atoms with Crippen molar-refractivity contribution in [2.24, 2.45) is 0 Å². The number of ether oxygens (including phenoxy) is 1. The molecule has 0 aromatic carbocycles. The standard InChI is InChI=1S/C21H27FN4O3/c1-21(2,3)29-20(28)24-13-6-8-25(9-7-13)12-14-10-15-16(22)11-23-17-4-5-18(27)26(14)19(15)17/h4-5,11,13-14H,6-10,12H2,1-3H3,(H,24,28). The molecule has 29 heavy (non-hydrogen) atoms. The molecule has 1 fully saturated rings. The van der Waals surface area contributed by atoms with Gasteiger partial charge < -0.3 is 19.5 Å². The van der Waals surface area contributed by atoms with Crippen LogP contribution in [0.15, 0.2) is 23.1 Å². The molecule has 1 saturated heterocycles. The molecule has 0 radical (unpaired) electrons. The van der Waals surface area contributed by atoms with Gasteiger partial charge in [0.25, 0.3) is 5.56 Å². The van der Waals surface area contributed by atoms with Crippen molar-refractivity contribution in [3.63, 3.8) is 0 Å². The number of likely N-dealkylation sites (tertiary alicyclic amines) is 1. The summed E-state index contributed by atoms with van der Waals surface area (Å²) in [6.07, 6.45) is 2.98. The molecule has 0 saturated carbocycles. The Balaban J connectivity index is 1.39. The van der Waals surface area contributed by atoms with Crippen LogP contribution in [0.3, 0.4) is 0 Å². The van der Waals surface area contributed by atoms with Gasteiger partial charge in [-0.15, -0.1) is 0 Å². The molecule has 0 bridgehead atoms. The number of hydrogen-bond donors (Lipinski definition) is 1. The Bertz CT molecular complexity index is 990. The second-order valence-corrected chi connectivity index (χ2v) is 8.94. The molecule has 2 aliphatic heterocycles. The molecular weight excluding hydrogens is 375 g/mol. The maximum Gasteiger partial charge on any atom is 0.407 e. The maximum atomic E-state index is 14.3. The quantitative estimate of drug-likeness (QED) is 0.854. The Morgan fingerprint density at radius 1 is 1.31 bits per heavy atom. The van der Waals surface area contributed by atoms with Crippen LogP contribution in [0.1, 0.15) is 45.2 Å². The van der Waals surface area contributed by atoms with E-state index >= 15 is 0 Å². The second kappa shape index (κ2) is 7.40. The lowest BCUT2D eigenvalue weighted by atomic mass is 10.0. The number of rotatable bonds is 3. The lowest BCUT2D eigenvalue weighted by Gasteiger charge is -2.34. The average Bonchev–Trinajstić information content (AvgIpc) is 3.01. The molecule has 4 rings (SSSR count). The molecule has 1 unspecified atom stereocenters. The van der Waals surface area contributed by atoms with E-state index < -0.39 is 5.60 Å². The number of alkyl carbamates (subject to hydrolysis) is 1. The summed E-state index contributed by atoms with van der Waals surface area (Å²) in [6, 6.07) is 3.14. The molecule has 0 spiro atoms. The average molecular weight is 402 g/mol. The lowest BCUT2D eigenvalue weighted by Crippen LogP contribution is -2.47. The molecule has 4 heterocycles. The molecule has 0 aliphatic carbocycles. The molecule has 2 aromatic rings. The Labute approximate surface area is 168 Å². The van der Waals surface area contributed by atoms with E-state index in [1.165, 1.54) is 12.3 Å². The normalized spacial score (nSPS) is 20.2. The summed E-state index contributed by atoms with van der Waals surface area (Å²) in [5.41, 5.74) is 1.24. The lowest BCUT2D eigenvalue weighted by molar-refractivity contribution is 0.0476. The summed E-state index contributed by atoms with van der Waals surface area (Å²) < 4.78 is 21.3. The van der Waals surface area contributed by atoms with E-state index in [1.54, 1.807) is 10.6 Å². The number of aromatic nitrogens is 2. The largest absolute Gasteiger partial charge is 0.444 e. The van der Waals surface area contributed by atoms with Crippen molar-refractivity contribution in [2.75, 3.05) is 19.6 Å². The van der Waals surface area contributed by atoms with E-state index in [9.17, 15) is 14.0 Å². The number of carbonyl (C=O) groups excluding carboxylic acids is 1. The minimum atomic E-state index is -0.513. The van der Waals surface area contributed by atoms with Crippen molar-refractivity contribution in [2.45, 2.75) is 57.7 Å². The zero-order valence-corrected chi connectivity index (χ0v) is 17.1. The first-order chi connectivity index (χ1) is 13.7. The molecule has 1 amide bonds. The van der Waals surface area contributed by atoms with Gasteiger partial charge in [0, 0.05) is 37.3 Å². The highest BCUT2D eigenvalue weighted by atomic mass is 19.1. The van der Waals surface area contributed by atoms with Crippen molar-refractivity contribution < 1.29 is 13.9 Å². The third-order valence-electron chi connectivity index (χ3n) is 5.58. The van der Waals surface area contributed by atoms with Crippen LogP contribution in [-0.4, -0.2) is 51.8 Å². The van der Waals surface area contributed by atoms with Crippen LogP contribution in [0, 0.1) is 5.82 Å². The number of halogens is 1. The van der Waals surface area contributed by atoms with E-state index in [4.69, 9.17) is 4.74 Å². The van der Waals surface area contributed by atoms with Crippen molar-refractivity contribution >= 4 is 17.1 Å². The van der Waals surface area contributed by atoms with Crippen LogP contribution in [0.4, 0.5) is 9.18 Å². The SMILES string of the molecule is CC(C)(C)OC(=O)NC1CCN(CC2Cc3c(F)cnc4ccc(=O)n2c34)CC1. The van der Waals surface area contributed by atoms with Gasteiger partial charge in [-0.2, -0.15) is 0 Å². The van der Waals surface area contributed by atoms with Gasteiger partial charge >= 0.3 is 6.09 Å². The Kier molecular flexibility index (Phi) is 5.06. The van der Waals surface area contributed by atoms with Gasteiger partial charge in [0.1, 0.15) is 11.4 Å². The smallest absolute Gasteiger partial charge is 0.407 e. The third kappa shape index (κ3) is 4.12. The van der Waals surface area contributed by atoms with Crippen molar-refractivity contribution in [3.05, 3.63) is 40.1 Å². The zero-order chi connectivity index (χ0) is 20.8. The summed E-state index contributed by atoms with van der Waals surface area (Å²) in [6.45, 7) is 7.81. The molecule has 8 heteroatoms. The van der Waals surface area contributed by atoms with Crippen molar-refractivity contribution in [1.82, 2.24) is 19.8 Å². The van der Waals surface area contributed by atoms with Crippen LogP contribution in [0.2, 0.25) is 0 Å². The highest BCUT2D eigenvalue weighted by Gasteiger charge is 2.31. The minimum absolute atomic E-state index is 0.0784. The highest BCUT2D eigenvalue weighted by molar-refractivity contribution is 5.80. The fourth-order valence-corrected chi connectivity index (χ4v) is 4.33. The first kappa shape index (κ1) is 19.8. The Morgan fingerprint density at radius 2 is 2.03 bits per heavy atom. The molecule has 7 nitrogen and oxygen atoms in total. The summed E-state index contributed by atoms with van der Waals surface area (Å²) in [4.78, 5) is 30.8. The van der Waals surface area contributed by atoms with Gasteiger partial charge in [-0.05, 0) is 46.1 Å². The first-order valence-corrected chi connectivity index (χ1v) is 10.1. The molecule has 2 aliphatic rings. The monoisotopic (exact) mass is 402 g/mol. The number of nitrogens with zero attached hydrogens (tertiary/aromatic N) is 3. The minimum Gasteiger partial charge on any atom is -0.444 e. The summed E-state index contributed by atoms with van der Waals surface area (Å²) in [5.74, 6) is -0.348. The van der Waals surface area contributed by atoms with E-state index in [2.05, 4.69) is 15.2 Å². The van der Waals surface area contributed by atoms with Gasteiger partial charge in [0.15, 0.2) is 0 Å². The molecule has 1 atom stereocenters. The van der Waals surface area contributed by atoms with Gasteiger partial charge in [0.05, 0.1) is 23.3 Å². The van der Waals surface area contributed by atoms with Gasteiger partial charge in [-0.25, -0.2) is 9.18 Å². The van der Waals surface area contributed by atoms with Gasteiger partial charge in [-0.3, -0.25) is 9.78 Å². The fraction of sp³-hybridized carbons (Fsp3) is 0.571. The van der Waals surface area contributed by atoms with E-state index in [0.717, 1.165) is 25.9 Å². The Hall–Kier alpha value is -2.48. The summed E-state index contributed by atoms with van der Waals surface area (Å²) in [5, 5.41) is 2.94. The molecule has 2 aromatic heterocycles.